The smallest absolute Gasteiger partial charge is 0.224 e. The summed E-state index contributed by atoms with van der Waals surface area (Å²) in [5.41, 5.74) is 2.72. The number of carbonyl (C=O) groups excluding carboxylic acids is 2. The molecule has 6 nitrogen and oxygen atoms in total. The molecule has 1 aliphatic heterocycles. The summed E-state index contributed by atoms with van der Waals surface area (Å²) < 4.78 is 0. The Bertz CT molecular complexity index is 689. The van der Waals surface area contributed by atoms with Crippen LogP contribution in [0.4, 0.5) is 0 Å². The van der Waals surface area contributed by atoms with Crippen molar-refractivity contribution in [2.45, 2.75) is 90.5 Å². The summed E-state index contributed by atoms with van der Waals surface area (Å²) in [6.07, 6.45) is 8.44. The average Bonchev–Trinajstić information content (AvgIpc) is 3.18. The number of hydrogen-bond acceptors (Lipinski definition) is 4. The topological polar surface area (TPSA) is 75.2 Å². The van der Waals surface area contributed by atoms with E-state index in [4.69, 9.17) is 9.97 Å². The second-order valence-corrected chi connectivity index (χ2v) is 8.39. The Morgan fingerprint density at radius 3 is 2.39 bits per heavy atom. The van der Waals surface area contributed by atoms with Crippen LogP contribution < -0.4 is 5.32 Å². The van der Waals surface area contributed by atoms with Crippen molar-refractivity contribution in [1.29, 1.82) is 0 Å². The maximum absolute atomic E-state index is 12.4. The highest BCUT2D eigenvalue weighted by molar-refractivity contribution is 5.79. The fourth-order valence-corrected chi connectivity index (χ4v) is 4.50. The molecule has 6 heteroatoms. The molecule has 2 heterocycles. The van der Waals surface area contributed by atoms with Crippen LogP contribution >= 0.6 is 0 Å². The van der Waals surface area contributed by atoms with Crippen molar-refractivity contribution in [1.82, 2.24) is 20.2 Å². The molecule has 1 aromatic rings. The summed E-state index contributed by atoms with van der Waals surface area (Å²) in [5, 5.41) is 3.15. The number of aryl methyl sites for hydroxylation is 2. The molecule has 1 N–H and O–H groups in total. The Morgan fingerprint density at radius 2 is 1.75 bits per heavy atom. The fourth-order valence-electron chi connectivity index (χ4n) is 4.50. The van der Waals surface area contributed by atoms with Crippen LogP contribution in [-0.2, 0) is 16.0 Å². The molecule has 1 saturated carbocycles. The van der Waals surface area contributed by atoms with Gasteiger partial charge in [-0.05, 0) is 46.0 Å². The van der Waals surface area contributed by atoms with Crippen molar-refractivity contribution >= 4 is 11.8 Å². The molecule has 1 atom stereocenters. The van der Waals surface area contributed by atoms with Crippen LogP contribution in [0, 0.1) is 13.8 Å². The molecule has 154 valence electrons. The number of amides is 2. The second-order valence-electron chi connectivity index (χ2n) is 8.39. The van der Waals surface area contributed by atoms with Crippen LogP contribution in [0.5, 0.6) is 0 Å². The van der Waals surface area contributed by atoms with E-state index in [9.17, 15) is 9.59 Å². The van der Waals surface area contributed by atoms with E-state index < -0.39 is 0 Å². The third-order valence-electron chi connectivity index (χ3n) is 6.10. The lowest BCUT2D eigenvalue weighted by atomic mass is 9.96. The molecule has 3 rings (SSSR count). The minimum Gasteiger partial charge on any atom is -0.353 e. The van der Waals surface area contributed by atoms with E-state index in [-0.39, 0.29) is 17.7 Å². The molecule has 1 unspecified atom stereocenters. The normalized spacial score (nSPS) is 20.4. The van der Waals surface area contributed by atoms with Gasteiger partial charge in [-0.1, -0.05) is 19.8 Å². The highest BCUT2D eigenvalue weighted by atomic mass is 16.2. The van der Waals surface area contributed by atoms with Gasteiger partial charge in [-0.3, -0.25) is 9.59 Å². The van der Waals surface area contributed by atoms with Crippen molar-refractivity contribution < 1.29 is 9.59 Å². The first kappa shape index (κ1) is 20.7. The first-order valence-electron chi connectivity index (χ1n) is 10.9. The molecule has 0 radical (unpaired) electrons. The molecule has 0 spiro atoms. The molecule has 28 heavy (non-hydrogen) atoms. The monoisotopic (exact) mass is 386 g/mol. The Hall–Kier alpha value is -1.98. The van der Waals surface area contributed by atoms with Crippen molar-refractivity contribution in [3.8, 4) is 0 Å². The van der Waals surface area contributed by atoms with Gasteiger partial charge in [0, 0.05) is 48.4 Å². The fraction of sp³-hybridized carbons (Fsp3) is 0.727. The van der Waals surface area contributed by atoms with Gasteiger partial charge < -0.3 is 10.2 Å². The number of hydrogen-bond donors (Lipinski definition) is 1. The Morgan fingerprint density at radius 1 is 1.07 bits per heavy atom. The molecule has 0 aromatic carbocycles. The van der Waals surface area contributed by atoms with Gasteiger partial charge in [0.05, 0.1) is 6.42 Å². The standard InChI is InChI=1S/C22H34N4O2/c1-4-8-21(28)26-12-7-9-17(14-26)22-23-15(2)19(16(3)24-22)13-20(27)25-18-10-5-6-11-18/h17-18H,4-14H2,1-3H3,(H,25,27). The summed E-state index contributed by atoms with van der Waals surface area (Å²) in [6, 6.07) is 0.335. The van der Waals surface area contributed by atoms with Gasteiger partial charge in [-0.25, -0.2) is 9.97 Å². The molecular weight excluding hydrogens is 352 g/mol. The van der Waals surface area contributed by atoms with E-state index in [0.717, 1.165) is 61.4 Å². The van der Waals surface area contributed by atoms with Crippen molar-refractivity contribution in [3.05, 3.63) is 22.8 Å². The van der Waals surface area contributed by atoms with Crippen LogP contribution in [0.15, 0.2) is 0 Å². The van der Waals surface area contributed by atoms with E-state index in [1.165, 1.54) is 12.8 Å². The lowest BCUT2D eigenvalue weighted by molar-refractivity contribution is -0.132. The van der Waals surface area contributed by atoms with Gasteiger partial charge >= 0.3 is 0 Å². The van der Waals surface area contributed by atoms with Crippen molar-refractivity contribution in [3.63, 3.8) is 0 Å². The number of aromatic nitrogens is 2. The van der Waals surface area contributed by atoms with Gasteiger partial charge in [0.1, 0.15) is 5.82 Å². The zero-order valence-electron chi connectivity index (χ0n) is 17.6. The maximum atomic E-state index is 12.4. The van der Waals surface area contributed by atoms with Crippen LogP contribution in [0.3, 0.4) is 0 Å². The predicted octanol–water partition coefficient (Wildman–Crippen LogP) is 3.20. The second kappa shape index (κ2) is 9.48. The van der Waals surface area contributed by atoms with Gasteiger partial charge in [-0.2, -0.15) is 0 Å². The van der Waals surface area contributed by atoms with Crippen LogP contribution in [0.1, 0.15) is 87.0 Å². The van der Waals surface area contributed by atoms with Crippen molar-refractivity contribution in [2.24, 2.45) is 0 Å². The van der Waals surface area contributed by atoms with Gasteiger partial charge in [0.2, 0.25) is 11.8 Å². The lowest BCUT2D eigenvalue weighted by Gasteiger charge is -2.32. The predicted molar refractivity (Wildman–Crippen MR) is 109 cm³/mol. The average molecular weight is 387 g/mol. The van der Waals surface area contributed by atoms with Gasteiger partial charge in [-0.15, -0.1) is 0 Å². The third-order valence-corrected chi connectivity index (χ3v) is 6.10. The Balaban J connectivity index is 1.67. The summed E-state index contributed by atoms with van der Waals surface area (Å²) in [7, 11) is 0. The molecule has 2 fully saturated rings. The highest BCUT2D eigenvalue weighted by Gasteiger charge is 2.27. The number of nitrogens with zero attached hydrogens (tertiary/aromatic N) is 3. The van der Waals surface area contributed by atoms with E-state index in [2.05, 4.69) is 5.32 Å². The SMILES string of the molecule is CCCC(=O)N1CCCC(c2nc(C)c(CC(=O)NC3CCCC3)c(C)n2)C1. The minimum absolute atomic E-state index is 0.0726. The first-order chi connectivity index (χ1) is 13.5. The number of piperidine rings is 1. The van der Waals surface area contributed by atoms with E-state index >= 15 is 0 Å². The van der Waals surface area contributed by atoms with E-state index in [0.29, 0.717) is 25.4 Å². The summed E-state index contributed by atoms with van der Waals surface area (Å²) in [6.45, 7) is 7.53. The number of carbonyl (C=O) groups is 2. The summed E-state index contributed by atoms with van der Waals surface area (Å²) in [5.74, 6) is 1.32. The number of likely N-dealkylation sites (tertiary alicyclic amines) is 1. The summed E-state index contributed by atoms with van der Waals surface area (Å²) in [4.78, 5) is 36.2. The molecule has 2 aliphatic rings. The van der Waals surface area contributed by atoms with E-state index in [1.807, 2.05) is 25.7 Å². The number of nitrogens with one attached hydrogen (secondary N) is 1. The first-order valence-corrected chi connectivity index (χ1v) is 10.9. The molecule has 2 amide bonds. The molecule has 1 saturated heterocycles. The van der Waals surface area contributed by atoms with Crippen LogP contribution in [0.25, 0.3) is 0 Å². The van der Waals surface area contributed by atoms with Crippen LogP contribution in [0.2, 0.25) is 0 Å². The van der Waals surface area contributed by atoms with E-state index in [1.54, 1.807) is 0 Å². The third kappa shape index (κ3) is 5.09. The quantitative estimate of drug-likeness (QED) is 0.815. The zero-order valence-corrected chi connectivity index (χ0v) is 17.6. The highest BCUT2D eigenvalue weighted by Crippen LogP contribution is 2.26. The maximum Gasteiger partial charge on any atom is 0.224 e. The molecular formula is C22H34N4O2. The molecule has 1 aromatic heterocycles. The zero-order chi connectivity index (χ0) is 20.1. The Kier molecular flexibility index (Phi) is 7.03. The summed E-state index contributed by atoms with van der Waals surface area (Å²) >= 11 is 0. The molecule has 0 bridgehead atoms. The lowest BCUT2D eigenvalue weighted by Crippen LogP contribution is -2.39. The van der Waals surface area contributed by atoms with Gasteiger partial charge in [0.15, 0.2) is 0 Å². The van der Waals surface area contributed by atoms with Gasteiger partial charge in [0.25, 0.3) is 0 Å². The largest absolute Gasteiger partial charge is 0.353 e. The van der Waals surface area contributed by atoms with Crippen LogP contribution in [-0.4, -0.2) is 45.8 Å². The minimum atomic E-state index is 0.0726. The van der Waals surface area contributed by atoms with Crippen molar-refractivity contribution in [2.75, 3.05) is 13.1 Å². The number of rotatable bonds is 6. The molecule has 1 aliphatic carbocycles. The Labute approximate surface area is 168 Å².